The van der Waals surface area contributed by atoms with Gasteiger partial charge in [0.2, 0.25) is 0 Å². The molecule has 1 heterocycles. The van der Waals surface area contributed by atoms with E-state index in [0.29, 0.717) is 5.56 Å². The molecule has 0 aliphatic heterocycles. The molecule has 4 N–H and O–H groups in total. The van der Waals surface area contributed by atoms with E-state index in [0.717, 1.165) is 4.79 Å². The number of aromatic nitrogens is 4. The number of nitrogens with two attached hydrogens (primary N) is 1. The fraction of sp³-hybridized carbons (Fsp3) is 0. The number of rotatable bonds is 2. The molecule has 0 saturated heterocycles. The summed E-state index contributed by atoms with van der Waals surface area (Å²) in [4.78, 5) is 1.01. The highest BCUT2D eigenvalue weighted by Gasteiger charge is 2.01. The molecular weight excluding hydrogens is 212 g/mol. The van der Waals surface area contributed by atoms with Crippen molar-refractivity contribution in [3.05, 3.63) is 23.8 Å². The Bertz CT molecular complexity index is 535. The number of nitrogen functional groups attached to an aromatic ring is 1. The Hall–Kier alpha value is -2.64. The minimum atomic E-state index is -0.101. The standard InChI is InChI=1S/C8H8N6O2/c9-8-11-12-13-14(8)10-4-5-1-2-6(15)3-7(5)16/h1-4,15-16H,(H2,9,11,13). The summed E-state index contributed by atoms with van der Waals surface area (Å²) < 4.78 is 0. The molecule has 1 aromatic heterocycles. The summed E-state index contributed by atoms with van der Waals surface area (Å²) >= 11 is 0. The van der Waals surface area contributed by atoms with Crippen molar-refractivity contribution in [3.8, 4) is 11.5 Å². The molecule has 0 atom stereocenters. The van der Waals surface area contributed by atoms with Crippen molar-refractivity contribution in [3.63, 3.8) is 0 Å². The average Bonchev–Trinajstić information content (AvgIpc) is 2.63. The van der Waals surface area contributed by atoms with Gasteiger partial charge >= 0.3 is 0 Å². The first kappa shape index (κ1) is 9.90. The van der Waals surface area contributed by atoms with Crippen molar-refractivity contribution in [1.29, 1.82) is 0 Å². The van der Waals surface area contributed by atoms with Gasteiger partial charge in [0.05, 0.1) is 6.21 Å². The van der Waals surface area contributed by atoms with Crippen LogP contribution in [0.1, 0.15) is 5.56 Å². The highest BCUT2D eigenvalue weighted by atomic mass is 16.3. The van der Waals surface area contributed by atoms with E-state index in [1.54, 1.807) is 0 Å². The van der Waals surface area contributed by atoms with Gasteiger partial charge in [-0.25, -0.2) is 0 Å². The van der Waals surface area contributed by atoms with Gasteiger partial charge in [0, 0.05) is 11.6 Å². The van der Waals surface area contributed by atoms with Crippen LogP contribution in [-0.2, 0) is 0 Å². The highest BCUT2D eigenvalue weighted by Crippen LogP contribution is 2.20. The zero-order chi connectivity index (χ0) is 11.5. The first-order valence-electron chi connectivity index (χ1n) is 4.27. The zero-order valence-corrected chi connectivity index (χ0v) is 8.02. The largest absolute Gasteiger partial charge is 0.508 e. The molecule has 0 saturated carbocycles. The van der Waals surface area contributed by atoms with Crippen molar-refractivity contribution in [1.82, 2.24) is 20.3 Å². The van der Waals surface area contributed by atoms with Crippen LogP contribution in [0.4, 0.5) is 5.95 Å². The van der Waals surface area contributed by atoms with Gasteiger partial charge in [-0.15, -0.1) is 0 Å². The molecule has 8 nitrogen and oxygen atoms in total. The first-order valence-corrected chi connectivity index (χ1v) is 4.27. The number of hydrogen-bond donors (Lipinski definition) is 3. The van der Waals surface area contributed by atoms with Crippen molar-refractivity contribution in [2.24, 2.45) is 5.10 Å². The zero-order valence-electron chi connectivity index (χ0n) is 8.02. The Morgan fingerprint density at radius 3 is 2.81 bits per heavy atom. The average molecular weight is 220 g/mol. The minimum absolute atomic E-state index is 0.0309. The topological polar surface area (TPSA) is 122 Å². The summed E-state index contributed by atoms with van der Waals surface area (Å²) in [6.07, 6.45) is 1.32. The second-order valence-electron chi connectivity index (χ2n) is 2.91. The Kier molecular flexibility index (Phi) is 2.38. The van der Waals surface area contributed by atoms with Crippen LogP contribution in [0.15, 0.2) is 23.3 Å². The second-order valence-corrected chi connectivity index (χ2v) is 2.91. The molecule has 0 spiro atoms. The summed E-state index contributed by atoms with van der Waals surface area (Å²) in [6, 6.07) is 4.11. The van der Waals surface area contributed by atoms with Crippen molar-refractivity contribution >= 4 is 12.2 Å². The van der Waals surface area contributed by atoms with E-state index in [1.165, 1.54) is 24.4 Å². The molecule has 82 valence electrons. The molecule has 0 unspecified atom stereocenters. The maximum atomic E-state index is 9.45. The van der Waals surface area contributed by atoms with E-state index in [4.69, 9.17) is 10.8 Å². The maximum absolute atomic E-state index is 9.45. The van der Waals surface area contributed by atoms with Crippen LogP contribution in [0.2, 0.25) is 0 Å². The lowest BCUT2D eigenvalue weighted by Crippen LogP contribution is -1.99. The Labute approximate surface area is 89.6 Å². The minimum Gasteiger partial charge on any atom is -0.508 e. The molecule has 8 heteroatoms. The molecule has 0 aliphatic carbocycles. The van der Waals surface area contributed by atoms with Crippen LogP contribution < -0.4 is 5.73 Å². The van der Waals surface area contributed by atoms with E-state index in [1.807, 2.05) is 0 Å². The number of benzene rings is 1. The van der Waals surface area contributed by atoms with Crippen molar-refractivity contribution < 1.29 is 10.2 Å². The van der Waals surface area contributed by atoms with E-state index in [-0.39, 0.29) is 17.4 Å². The van der Waals surface area contributed by atoms with E-state index >= 15 is 0 Å². The Balaban J connectivity index is 2.27. The van der Waals surface area contributed by atoms with Crippen LogP contribution in [0, 0.1) is 0 Å². The van der Waals surface area contributed by atoms with E-state index in [2.05, 4.69) is 20.6 Å². The number of hydrogen-bond acceptors (Lipinski definition) is 7. The molecule has 0 amide bonds. The van der Waals surface area contributed by atoms with E-state index < -0.39 is 0 Å². The van der Waals surface area contributed by atoms with Gasteiger partial charge in [-0.1, -0.05) is 9.89 Å². The molecule has 1 aromatic carbocycles. The molecule has 0 bridgehead atoms. The number of phenolic OH excluding ortho intramolecular Hbond substituents is 2. The number of aromatic hydroxyl groups is 2. The van der Waals surface area contributed by atoms with Gasteiger partial charge in [-0.05, 0) is 22.6 Å². The first-order chi connectivity index (χ1) is 7.66. The summed E-state index contributed by atoms with van der Waals surface area (Å²) in [6.45, 7) is 0. The van der Waals surface area contributed by atoms with Gasteiger partial charge < -0.3 is 15.9 Å². The Morgan fingerprint density at radius 2 is 2.19 bits per heavy atom. The van der Waals surface area contributed by atoms with Crippen LogP contribution >= 0.6 is 0 Å². The predicted molar refractivity (Wildman–Crippen MR) is 55.0 cm³/mol. The lowest BCUT2D eigenvalue weighted by Gasteiger charge is -1.98. The van der Waals surface area contributed by atoms with Gasteiger partial charge in [0.1, 0.15) is 11.5 Å². The SMILES string of the molecule is Nc1nnnn1N=Cc1ccc(O)cc1O. The highest BCUT2D eigenvalue weighted by molar-refractivity contribution is 5.83. The fourth-order valence-corrected chi connectivity index (χ4v) is 1.03. The Morgan fingerprint density at radius 1 is 1.38 bits per heavy atom. The lowest BCUT2D eigenvalue weighted by molar-refractivity contribution is 0.450. The number of phenols is 2. The monoisotopic (exact) mass is 220 g/mol. The number of nitrogens with zero attached hydrogens (tertiary/aromatic N) is 5. The summed E-state index contributed by atoms with van der Waals surface area (Å²) in [5.74, 6) is -0.0958. The maximum Gasteiger partial charge on any atom is 0.263 e. The smallest absolute Gasteiger partial charge is 0.263 e. The van der Waals surface area contributed by atoms with E-state index in [9.17, 15) is 5.11 Å². The normalized spacial score (nSPS) is 11.0. The number of anilines is 1. The molecule has 0 aliphatic rings. The van der Waals surface area contributed by atoms with Gasteiger partial charge in [-0.2, -0.15) is 5.10 Å². The third-order valence-electron chi connectivity index (χ3n) is 1.80. The number of tetrazole rings is 1. The predicted octanol–water partition coefficient (Wildman–Crippen LogP) is -0.451. The fourth-order valence-electron chi connectivity index (χ4n) is 1.03. The molecular formula is C8H8N6O2. The molecule has 16 heavy (non-hydrogen) atoms. The quantitative estimate of drug-likeness (QED) is 0.589. The van der Waals surface area contributed by atoms with Gasteiger partial charge in [-0.3, -0.25) is 0 Å². The molecule has 0 fully saturated rings. The summed E-state index contributed by atoms with van der Waals surface area (Å²) in [5, 5.41) is 32.5. The van der Waals surface area contributed by atoms with Crippen LogP contribution in [0.5, 0.6) is 11.5 Å². The second kappa shape index (κ2) is 3.85. The third-order valence-corrected chi connectivity index (χ3v) is 1.80. The third kappa shape index (κ3) is 1.90. The van der Waals surface area contributed by atoms with Crippen molar-refractivity contribution in [2.45, 2.75) is 0 Å². The van der Waals surface area contributed by atoms with Crippen LogP contribution in [-0.4, -0.2) is 36.7 Å². The lowest BCUT2D eigenvalue weighted by atomic mass is 10.2. The molecule has 2 rings (SSSR count). The van der Waals surface area contributed by atoms with Crippen molar-refractivity contribution in [2.75, 3.05) is 5.73 Å². The molecule has 0 radical (unpaired) electrons. The molecule has 2 aromatic rings. The van der Waals surface area contributed by atoms with Crippen LogP contribution in [0.3, 0.4) is 0 Å². The van der Waals surface area contributed by atoms with Crippen LogP contribution in [0.25, 0.3) is 0 Å². The van der Waals surface area contributed by atoms with Gasteiger partial charge in [0.25, 0.3) is 5.95 Å². The van der Waals surface area contributed by atoms with Gasteiger partial charge in [0.15, 0.2) is 0 Å². The summed E-state index contributed by atoms with van der Waals surface area (Å²) in [5.41, 5.74) is 5.79. The summed E-state index contributed by atoms with van der Waals surface area (Å²) in [7, 11) is 0.